The third kappa shape index (κ3) is 3.71. The van der Waals surface area contributed by atoms with E-state index in [4.69, 9.17) is 4.42 Å². The van der Waals surface area contributed by atoms with E-state index in [9.17, 15) is 4.79 Å². The Morgan fingerprint density at radius 1 is 1.55 bits per heavy atom. The van der Waals surface area contributed by atoms with E-state index < -0.39 is 0 Å². The van der Waals surface area contributed by atoms with Gasteiger partial charge in [0.2, 0.25) is 0 Å². The Hall–Kier alpha value is -2.08. The van der Waals surface area contributed by atoms with Gasteiger partial charge < -0.3 is 19.5 Å². The normalized spacial score (nSPS) is 10.7. The fourth-order valence-electron chi connectivity index (χ4n) is 1.97. The number of aromatic nitrogens is 2. The topological polar surface area (TPSA) is 80.1 Å². The highest BCUT2D eigenvalue weighted by molar-refractivity contribution is 5.90. The van der Waals surface area contributed by atoms with Gasteiger partial charge in [-0.3, -0.25) is 0 Å². The van der Waals surface area contributed by atoms with Gasteiger partial charge in [0.05, 0.1) is 13.7 Å². The Kier molecular flexibility index (Phi) is 4.95. The number of carbonyl (C=O) groups is 1. The molecule has 0 amide bonds. The SMILES string of the molecule is COC(=O)c1cc(CNCCCc2ncc[nH]2)oc1C. The standard InChI is InChI=1S/C14H19N3O3/c1-10-12(14(18)19-2)8-11(20-10)9-15-5-3-4-13-16-6-7-17-13/h6-8,15H,3-5,9H2,1-2H3,(H,16,17). The number of imidazole rings is 1. The molecule has 0 aliphatic carbocycles. The second-order valence-corrected chi connectivity index (χ2v) is 4.49. The van der Waals surface area contributed by atoms with Gasteiger partial charge in [-0.25, -0.2) is 9.78 Å². The molecule has 0 aromatic carbocycles. The molecule has 2 aromatic heterocycles. The molecule has 0 bridgehead atoms. The summed E-state index contributed by atoms with van der Waals surface area (Å²) in [6.45, 7) is 3.21. The van der Waals surface area contributed by atoms with Crippen LogP contribution in [-0.4, -0.2) is 29.6 Å². The summed E-state index contributed by atoms with van der Waals surface area (Å²) < 4.78 is 10.2. The molecule has 0 radical (unpaired) electrons. The van der Waals surface area contributed by atoms with Gasteiger partial charge in [0.25, 0.3) is 0 Å². The minimum Gasteiger partial charge on any atom is -0.465 e. The van der Waals surface area contributed by atoms with Crippen molar-refractivity contribution in [2.45, 2.75) is 26.3 Å². The molecule has 2 N–H and O–H groups in total. The van der Waals surface area contributed by atoms with E-state index in [0.29, 0.717) is 17.9 Å². The highest BCUT2D eigenvalue weighted by atomic mass is 16.5. The maximum atomic E-state index is 11.4. The summed E-state index contributed by atoms with van der Waals surface area (Å²) in [5, 5.41) is 3.27. The predicted octanol–water partition coefficient (Wildman–Crippen LogP) is 1.82. The van der Waals surface area contributed by atoms with Crippen molar-refractivity contribution in [3.05, 3.63) is 41.4 Å². The fraction of sp³-hybridized carbons (Fsp3) is 0.429. The zero-order valence-electron chi connectivity index (χ0n) is 11.7. The number of esters is 1. The first kappa shape index (κ1) is 14.3. The molecule has 0 fully saturated rings. The van der Waals surface area contributed by atoms with Crippen LogP contribution in [0, 0.1) is 6.92 Å². The van der Waals surface area contributed by atoms with Crippen LogP contribution in [0.15, 0.2) is 22.9 Å². The van der Waals surface area contributed by atoms with Gasteiger partial charge in [0.1, 0.15) is 22.9 Å². The minimum atomic E-state index is -0.365. The number of methoxy groups -OCH3 is 1. The third-order valence-electron chi connectivity index (χ3n) is 3.00. The van der Waals surface area contributed by atoms with Crippen molar-refractivity contribution < 1.29 is 13.9 Å². The molecule has 0 aliphatic heterocycles. The highest BCUT2D eigenvalue weighted by Gasteiger charge is 2.14. The molecule has 6 nitrogen and oxygen atoms in total. The van der Waals surface area contributed by atoms with E-state index in [0.717, 1.165) is 31.0 Å². The van der Waals surface area contributed by atoms with Gasteiger partial charge in [0.15, 0.2) is 0 Å². The average molecular weight is 277 g/mol. The molecule has 20 heavy (non-hydrogen) atoms. The number of rotatable bonds is 7. The minimum absolute atomic E-state index is 0.365. The quantitative estimate of drug-likeness (QED) is 0.596. The van der Waals surface area contributed by atoms with Crippen molar-refractivity contribution in [3.8, 4) is 0 Å². The first-order valence-corrected chi connectivity index (χ1v) is 6.57. The molecular formula is C14H19N3O3. The number of H-pyrrole nitrogens is 1. The van der Waals surface area contributed by atoms with Gasteiger partial charge >= 0.3 is 5.97 Å². The molecule has 2 heterocycles. The van der Waals surface area contributed by atoms with Gasteiger partial charge in [-0.15, -0.1) is 0 Å². The first-order chi connectivity index (χ1) is 9.70. The summed E-state index contributed by atoms with van der Waals surface area (Å²) in [5.74, 6) is 1.95. The van der Waals surface area contributed by atoms with Crippen molar-refractivity contribution >= 4 is 5.97 Å². The zero-order valence-corrected chi connectivity index (χ0v) is 11.7. The number of ether oxygens (including phenoxy) is 1. The molecular weight excluding hydrogens is 258 g/mol. The van der Waals surface area contributed by atoms with E-state index in [-0.39, 0.29) is 5.97 Å². The van der Waals surface area contributed by atoms with E-state index >= 15 is 0 Å². The zero-order chi connectivity index (χ0) is 14.4. The van der Waals surface area contributed by atoms with Crippen molar-refractivity contribution in [3.63, 3.8) is 0 Å². The van der Waals surface area contributed by atoms with Crippen LogP contribution >= 0.6 is 0 Å². The van der Waals surface area contributed by atoms with Crippen LogP contribution in [0.25, 0.3) is 0 Å². The van der Waals surface area contributed by atoms with Crippen LogP contribution in [-0.2, 0) is 17.7 Å². The predicted molar refractivity (Wildman–Crippen MR) is 73.4 cm³/mol. The molecule has 6 heteroatoms. The fourth-order valence-corrected chi connectivity index (χ4v) is 1.97. The molecule has 0 spiro atoms. The lowest BCUT2D eigenvalue weighted by Crippen LogP contribution is -2.15. The summed E-state index contributed by atoms with van der Waals surface area (Å²) in [6.07, 6.45) is 5.47. The lowest BCUT2D eigenvalue weighted by atomic mass is 10.2. The largest absolute Gasteiger partial charge is 0.465 e. The Bertz CT molecular complexity index is 546. The van der Waals surface area contributed by atoms with E-state index in [1.165, 1.54) is 7.11 Å². The summed E-state index contributed by atoms with van der Waals surface area (Å²) in [6, 6.07) is 1.72. The van der Waals surface area contributed by atoms with Crippen LogP contribution in [0.3, 0.4) is 0 Å². The molecule has 0 aliphatic rings. The number of aryl methyl sites for hydroxylation is 2. The number of hydrogen-bond acceptors (Lipinski definition) is 5. The summed E-state index contributed by atoms with van der Waals surface area (Å²) in [4.78, 5) is 18.7. The van der Waals surface area contributed by atoms with Crippen LogP contribution in [0.4, 0.5) is 0 Å². The maximum Gasteiger partial charge on any atom is 0.341 e. The summed E-state index contributed by atoms with van der Waals surface area (Å²) in [7, 11) is 1.36. The molecule has 0 atom stereocenters. The van der Waals surface area contributed by atoms with E-state index in [2.05, 4.69) is 20.0 Å². The first-order valence-electron chi connectivity index (χ1n) is 6.57. The van der Waals surface area contributed by atoms with Crippen molar-refractivity contribution in [1.29, 1.82) is 0 Å². The number of hydrogen-bond donors (Lipinski definition) is 2. The van der Waals surface area contributed by atoms with Crippen molar-refractivity contribution in [2.75, 3.05) is 13.7 Å². The summed E-state index contributed by atoms with van der Waals surface area (Å²) in [5.41, 5.74) is 0.486. The van der Waals surface area contributed by atoms with Crippen molar-refractivity contribution in [1.82, 2.24) is 15.3 Å². The molecule has 0 saturated carbocycles. The Balaban J connectivity index is 1.73. The van der Waals surface area contributed by atoms with E-state index in [1.807, 2.05) is 6.20 Å². The van der Waals surface area contributed by atoms with Gasteiger partial charge in [0, 0.05) is 18.8 Å². The monoisotopic (exact) mass is 277 g/mol. The summed E-state index contributed by atoms with van der Waals surface area (Å²) >= 11 is 0. The number of nitrogens with zero attached hydrogens (tertiary/aromatic N) is 1. The van der Waals surface area contributed by atoms with Gasteiger partial charge in [-0.2, -0.15) is 0 Å². The smallest absolute Gasteiger partial charge is 0.341 e. The molecule has 108 valence electrons. The number of nitrogens with one attached hydrogen (secondary N) is 2. The number of aromatic amines is 1. The molecule has 2 rings (SSSR count). The Morgan fingerprint density at radius 2 is 2.40 bits per heavy atom. The highest BCUT2D eigenvalue weighted by Crippen LogP contribution is 2.15. The lowest BCUT2D eigenvalue weighted by Gasteiger charge is -2.01. The second-order valence-electron chi connectivity index (χ2n) is 4.49. The Labute approximate surface area is 117 Å². The molecule has 0 unspecified atom stereocenters. The average Bonchev–Trinajstić information content (AvgIpc) is 3.07. The second kappa shape index (κ2) is 6.91. The number of furan rings is 1. The van der Waals surface area contributed by atoms with Crippen LogP contribution in [0.5, 0.6) is 0 Å². The number of carbonyl (C=O) groups excluding carboxylic acids is 1. The molecule has 0 saturated heterocycles. The van der Waals surface area contributed by atoms with Crippen LogP contribution in [0.2, 0.25) is 0 Å². The third-order valence-corrected chi connectivity index (χ3v) is 3.00. The van der Waals surface area contributed by atoms with Gasteiger partial charge in [-0.1, -0.05) is 0 Å². The van der Waals surface area contributed by atoms with Crippen LogP contribution in [0.1, 0.15) is 34.1 Å². The lowest BCUT2D eigenvalue weighted by molar-refractivity contribution is 0.0599. The molecule has 2 aromatic rings. The van der Waals surface area contributed by atoms with Crippen LogP contribution < -0.4 is 5.32 Å². The van der Waals surface area contributed by atoms with E-state index in [1.54, 1.807) is 19.2 Å². The van der Waals surface area contributed by atoms with Crippen molar-refractivity contribution in [2.24, 2.45) is 0 Å². The van der Waals surface area contributed by atoms with Gasteiger partial charge in [-0.05, 0) is 26.0 Å². The maximum absolute atomic E-state index is 11.4. The Morgan fingerprint density at radius 3 is 3.10 bits per heavy atom.